The van der Waals surface area contributed by atoms with E-state index in [0.29, 0.717) is 13.0 Å². The van der Waals surface area contributed by atoms with Crippen molar-refractivity contribution in [3.05, 3.63) is 66.0 Å². The van der Waals surface area contributed by atoms with E-state index in [-0.39, 0.29) is 6.61 Å². The normalized spacial score (nSPS) is 11.0. The second-order valence-corrected chi connectivity index (χ2v) is 6.36. The summed E-state index contributed by atoms with van der Waals surface area (Å²) in [6.07, 6.45) is 2.35. The Morgan fingerprint density at radius 2 is 1.69 bits per heavy atom. The summed E-state index contributed by atoms with van der Waals surface area (Å²) in [5.41, 5.74) is 7.91. The van der Waals surface area contributed by atoms with Crippen molar-refractivity contribution >= 4 is 16.7 Å². The maximum atomic E-state index is 9.17. The van der Waals surface area contributed by atoms with Crippen LogP contribution in [0.15, 0.2) is 54.6 Å². The third-order valence-corrected chi connectivity index (χ3v) is 4.35. The predicted octanol–water partition coefficient (Wildman–Crippen LogP) is 2.91. The molecule has 5 nitrogen and oxygen atoms in total. The van der Waals surface area contributed by atoms with Gasteiger partial charge in [-0.3, -0.25) is 0 Å². The number of nitrogens with zero attached hydrogens (tertiary/aromatic N) is 3. The summed E-state index contributed by atoms with van der Waals surface area (Å²) >= 11 is 0. The Hall–Kier alpha value is -2.50. The van der Waals surface area contributed by atoms with Crippen molar-refractivity contribution in [3.8, 4) is 0 Å². The van der Waals surface area contributed by atoms with Crippen LogP contribution in [-0.4, -0.2) is 34.8 Å². The minimum atomic E-state index is 0.210. The van der Waals surface area contributed by atoms with E-state index in [1.54, 1.807) is 0 Å². The summed E-state index contributed by atoms with van der Waals surface area (Å²) in [5, 5.41) is 10.2. The highest BCUT2D eigenvalue weighted by Gasteiger charge is 2.15. The largest absolute Gasteiger partial charge is 0.396 e. The highest BCUT2D eigenvalue weighted by Crippen LogP contribution is 2.26. The molecule has 0 aliphatic carbocycles. The molecule has 3 N–H and O–H groups in total. The van der Waals surface area contributed by atoms with Crippen molar-refractivity contribution in [1.29, 1.82) is 0 Å². The van der Waals surface area contributed by atoms with Gasteiger partial charge in [-0.25, -0.2) is 9.97 Å². The van der Waals surface area contributed by atoms with Crippen LogP contribution in [0.2, 0.25) is 0 Å². The average Bonchev–Trinajstić information content (AvgIpc) is 2.68. The minimum absolute atomic E-state index is 0.210. The van der Waals surface area contributed by atoms with Crippen LogP contribution in [0.4, 0.5) is 5.82 Å². The van der Waals surface area contributed by atoms with E-state index >= 15 is 0 Å². The van der Waals surface area contributed by atoms with Crippen LogP contribution in [0.5, 0.6) is 0 Å². The molecular formula is C21H26N4O. The molecule has 2 aromatic carbocycles. The van der Waals surface area contributed by atoms with E-state index in [1.807, 2.05) is 24.3 Å². The summed E-state index contributed by atoms with van der Waals surface area (Å²) in [7, 11) is 0. The van der Waals surface area contributed by atoms with Crippen LogP contribution < -0.4 is 10.6 Å². The van der Waals surface area contributed by atoms with Crippen LogP contribution in [0.1, 0.15) is 24.2 Å². The van der Waals surface area contributed by atoms with Gasteiger partial charge in [0.2, 0.25) is 0 Å². The van der Waals surface area contributed by atoms with Crippen molar-refractivity contribution in [2.75, 3.05) is 24.6 Å². The second kappa shape index (κ2) is 9.27. The fourth-order valence-electron chi connectivity index (χ4n) is 3.07. The van der Waals surface area contributed by atoms with Crippen molar-refractivity contribution in [1.82, 2.24) is 9.97 Å². The molecule has 3 aromatic rings. The zero-order valence-corrected chi connectivity index (χ0v) is 15.0. The van der Waals surface area contributed by atoms with Crippen molar-refractivity contribution in [3.63, 3.8) is 0 Å². The van der Waals surface area contributed by atoms with Gasteiger partial charge in [0.25, 0.3) is 0 Å². The molecule has 0 fully saturated rings. The fourth-order valence-corrected chi connectivity index (χ4v) is 3.07. The molecule has 136 valence electrons. The van der Waals surface area contributed by atoms with Gasteiger partial charge in [-0.15, -0.1) is 0 Å². The predicted molar refractivity (Wildman–Crippen MR) is 106 cm³/mol. The van der Waals surface area contributed by atoms with E-state index in [0.717, 1.165) is 48.5 Å². The molecule has 0 radical (unpaired) electrons. The maximum Gasteiger partial charge on any atom is 0.140 e. The average molecular weight is 350 g/mol. The first-order valence-electron chi connectivity index (χ1n) is 9.17. The van der Waals surface area contributed by atoms with Gasteiger partial charge in [0.15, 0.2) is 0 Å². The van der Waals surface area contributed by atoms with E-state index in [9.17, 15) is 0 Å². The van der Waals surface area contributed by atoms with E-state index in [2.05, 4.69) is 40.2 Å². The smallest absolute Gasteiger partial charge is 0.140 e. The number of aromatic nitrogens is 2. The number of fused-ring (bicyclic) bond motifs is 1. The molecule has 0 atom stereocenters. The number of nitrogens with two attached hydrogens (primary N) is 1. The Morgan fingerprint density at radius 1 is 0.923 bits per heavy atom. The fraction of sp³-hybridized carbons (Fsp3) is 0.333. The number of hydrogen-bond acceptors (Lipinski definition) is 5. The van der Waals surface area contributed by atoms with Crippen LogP contribution in [0.25, 0.3) is 10.9 Å². The monoisotopic (exact) mass is 350 g/mol. The molecule has 26 heavy (non-hydrogen) atoms. The van der Waals surface area contributed by atoms with E-state index in [1.165, 1.54) is 5.56 Å². The number of hydrogen-bond donors (Lipinski definition) is 2. The van der Waals surface area contributed by atoms with Crippen LogP contribution in [0.3, 0.4) is 0 Å². The summed E-state index contributed by atoms with van der Waals surface area (Å²) < 4.78 is 0. The molecule has 0 amide bonds. The third kappa shape index (κ3) is 4.56. The van der Waals surface area contributed by atoms with E-state index < -0.39 is 0 Å². The van der Waals surface area contributed by atoms with Gasteiger partial charge >= 0.3 is 0 Å². The SMILES string of the molecule is NCCc1nc(N(CCCCO)Cc2ccccc2)c2ccccc2n1. The molecule has 1 aromatic heterocycles. The molecular weight excluding hydrogens is 324 g/mol. The molecule has 3 rings (SSSR count). The molecule has 1 heterocycles. The Kier molecular flexibility index (Phi) is 6.52. The summed E-state index contributed by atoms with van der Waals surface area (Å²) in [5.74, 6) is 1.72. The topological polar surface area (TPSA) is 75.3 Å². The number of rotatable bonds is 9. The summed E-state index contributed by atoms with van der Waals surface area (Å²) in [6.45, 7) is 2.34. The summed E-state index contributed by atoms with van der Waals surface area (Å²) in [4.78, 5) is 11.8. The second-order valence-electron chi connectivity index (χ2n) is 6.36. The lowest BCUT2D eigenvalue weighted by Gasteiger charge is -2.25. The molecule has 0 bridgehead atoms. The Bertz CT molecular complexity index is 823. The van der Waals surface area contributed by atoms with Crippen molar-refractivity contribution in [2.45, 2.75) is 25.8 Å². The number of aliphatic hydroxyl groups is 1. The van der Waals surface area contributed by atoms with Crippen molar-refractivity contribution in [2.24, 2.45) is 5.73 Å². The van der Waals surface area contributed by atoms with Gasteiger partial charge in [0.1, 0.15) is 11.6 Å². The molecule has 0 unspecified atom stereocenters. The molecule has 5 heteroatoms. The van der Waals surface area contributed by atoms with Gasteiger partial charge in [-0.1, -0.05) is 42.5 Å². The number of unbranched alkanes of at least 4 members (excludes halogenated alkanes) is 1. The highest BCUT2D eigenvalue weighted by atomic mass is 16.2. The first-order valence-corrected chi connectivity index (χ1v) is 9.17. The van der Waals surface area contributed by atoms with Crippen molar-refractivity contribution < 1.29 is 5.11 Å². The maximum absolute atomic E-state index is 9.17. The van der Waals surface area contributed by atoms with Crippen LogP contribution in [-0.2, 0) is 13.0 Å². The number of para-hydroxylation sites is 1. The van der Waals surface area contributed by atoms with Gasteiger partial charge in [0.05, 0.1) is 5.52 Å². The highest BCUT2D eigenvalue weighted by molar-refractivity contribution is 5.89. The quantitative estimate of drug-likeness (QED) is 0.580. The molecule has 0 spiro atoms. The minimum Gasteiger partial charge on any atom is -0.396 e. The lowest BCUT2D eigenvalue weighted by molar-refractivity contribution is 0.285. The Labute approximate surface area is 154 Å². The van der Waals surface area contributed by atoms with Gasteiger partial charge in [-0.05, 0) is 37.1 Å². The van der Waals surface area contributed by atoms with Gasteiger partial charge in [-0.2, -0.15) is 0 Å². The molecule has 0 aliphatic rings. The molecule has 0 aliphatic heterocycles. The lowest BCUT2D eigenvalue weighted by atomic mass is 10.1. The Balaban J connectivity index is 2.00. The van der Waals surface area contributed by atoms with Crippen LogP contribution in [0, 0.1) is 0 Å². The Morgan fingerprint density at radius 3 is 2.46 bits per heavy atom. The van der Waals surface area contributed by atoms with Gasteiger partial charge < -0.3 is 15.7 Å². The molecule has 0 saturated heterocycles. The first kappa shape index (κ1) is 18.3. The standard InChI is InChI=1S/C21H26N4O/c22-13-12-20-23-19-11-5-4-10-18(19)21(24-20)25(14-6-7-15-26)16-17-8-2-1-3-9-17/h1-5,8-11,26H,6-7,12-16,22H2. The van der Waals surface area contributed by atoms with Gasteiger partial charge in [0, 0.05) is 31.5 Å². The van der Waals surface area contributed by atoms with Crippen LogP contribution >= 0.6 is 0 Å². The zero-order valence-electron chi connectivity index (χ0n) is 15.0. The third-order valence-electron chi connectivity index (χ3n) is 4.35. The number of aliphatic hydroxyl groups excluding tert-OH is 1. The molecule has 0 saturated carbocycles. The number of anilines is 1. The summed E-state index contributed by atoms with van der Waals surface area (Å²) in [6, 6.07) is 18.5. The van der Waals surface area contributed by atoms with E-state index in [4.69, 9.17) is 15.8 Å². The number of benzene rings is 2. The first-order chi connectivity index (χ1) is 12.8. The lowest BCUT2D eigenvalue weighted by Crippen LogP contribution is -2.26. The zero-order chi connectivity index (χ0) is 18.2.